The summed E-state index contributed by atoms with van der Waals surface area (Å²) in [6, 6.07) is 3.73. The van der Waals surface area contributed by atoms with Gasteiger partial charge in [-0.25, -0.2) is 0 Å². The average molecular weight is 1200 g/mol. The predicted molar refractivity (Wildman–Crippen MR) is 298 cm³/mol. The van der Waals surface area contributed by atoms with Crippen molar-refractivity contribution in [1.29, 1.82) is 0 Å². The summed E-state index contributed by atoms with van der Waals surface area (Å²) < 4.78 is 79.2. The van der Waals surface area contributed by atoms with Gasteiger partial charge in [-0.05, 0) is 86.7 Å². The summed E-state index contributed by atoms with van der Waals surface area (Å²) in [5, 5.41) is 25.0. The number of pyridine rings is 1. The molecule has 6 rings (SSSR count). The van der Waals surface area contributed by atoms with E-state index in [0.29, 0.717) is 0 Å². The number of thioether (sulfide) groups is 1. The number of ketones is 1. The van der Waals surface area contributed by atoms with Crippen molar-refractivity contribution in [2.24, 2.45) is 29.6 Å². The smallest absolute Gasteiger partial charge is 0.320 e. The van der Waals surface area contributed by atoms with E-state index in [1.54, 1.807) is 74.5 Å². The van der Waals surface area contributed by atoms with Crippen LogP contribution in [0.15, 0.2) is 30.6 Å². The molecule has 1 aromatic heterocycles. The number of nitrogens with zero attached hydrogens (tertiary/aromatic N) is 3. The maximum Gasteiger partial charge on any atom is 0.320 e. The van der Waals surface area contributed by atoms with E-state index >= 15 is 9.18 Å². The van der Waals surface area contributed by atoms with Crippen LogP contribution in [0.2, 0.25) is 10.0 Å². The largest absolute Gasteiger partial charge is 0.493 e. The van der Waals surface area contributed by atoms with Gasteiger partial charge in [0.05, 0.1) is 83.6 Å². The van der Waals surface area contributed by atoms with Crippen molar-refractivity contribution in [1.82, 2.24) is 14.8 Å². The molecule has 2 aromatic rings. The number of rotatable bonds is 17. The van der Waals surface area contributed by atoms with Crippen molar-refractivity contribution in [3.8, 4) is 11.5 Å². The zero-order chi connectivity index (χ0) is 60.2. The molecular formula is C56H81Cl2FN4O17S. The number of anilines is 1. The Morgan fingerprint density at radius 3 is 2.16 bits per heavy atom. The number of alkyl halides is 1. The molecule has 4 aliphatic rings. The number of amides is 2. The molecule has 25 heteroatoms. The topological polar surface area (TPSA) is 250 Å². The van der Waals surface area contributed by atoms with Gasteiger partial charge >= 0.3 is 11.9 Å². The maximum atomic E-state index is 17.5. The Labute approximate surface area is 488 Å². The molecule has 3 N–H and O–H groups in total. The van der Waals surface area contributed by atoms with Crippen LogP contribution < -0.4 is 14.8 Å². The second-order valence-corrected chi connectivity index (χ2v) is 24.8. The molecule has 0 spiro atoms. The van der Waals surface area contributed by atoms with Crippen LogP contribution in [-0.4, -0.2) is 200 Å². The summed E-state index contributed by atoms with van der Waals surface area (Å²) in [4.78, 5) is 77.9. The first kappa shape index (κ1) is 66.2. The highest BCUT2D eigenvalue weighted by Gasteiger charge is 2.63. The van der Waals surface area contributed by atoms with E-state index in [-0.39, 0.29) is 76.9 Å². The number of aromatic nitrogens is 1. The number of methoxy groups -OCH3 is 3. The number of carbonyl (C=O) groups excluding carboxylic acids is 5. The minimum atomic E-state index is -2.62. The van der Waals surface area contributed by atoms with Crippen LogP contribution in [-0.2, 0) is 57.1 Å². The van der Waals surface area contributed by atoms with Gasteiger partial charge in [0, 0.05) is 75.1 Å². The van der Waals surface area contributed by atoms with Gasteiger partial charge in [0.2, 0.25) is 5.91 Å². The number of halogens is 3. The Balaban J connectivity index is 1.34. The molecule has 0 radical (unpaired) electrons. The first-order chi connectivity index (χ1) is 37.9. The third-order valence-corrected chi connectivity index (χ3v) is 18.3. The fraction of sp³-hybridized carbons (Fsp3) is 0.714. The van der Waals surface area contributed by atoms with Gasteiger partial charge in [-0.15, -0.1) is 11.8 Å². The normalized spacial score (nSPS) is 36.9. The van der Waals surface area contributed by atoms with Crippen molar-refractivity contribution >= 4 is 70.2 Å². The number of esters is 2. The number of benzene rings is 1. The van der Waals surface area contributed by atoms with Crippen molar-refractivity contribution in [3.63, 3.8) is 0 Å². The zero-order valence-corrected chi connectivity index (χ0v) is 51.1. The van der Waals surface area contributed by atoms with Crippen LogP contribution in [0.25, 0.3) is 0 Å². The van der Waals surface area contributed by atoms with Gasteiger partial charge in [-0.3, -0.25) is 29.0 Å². The second kappa shape index (κ2) is 27.4. The Hall–Kier alpha value is -3.98. The van der Waals surface area contributed by atoms with E-state index in [4.69, 9.17) is 70.6 Å². The third kappa shape index (κ3) is 14.6. The summed E-state index contributed by atoms with van der Waals surface area (Å²) in [5.41, 5.74) is -4.53. The number of hydrogen-bond acceptors (Lipinski definition) is 20. The quantitative estimate of drug-likeness (QED) is 0.115. The SMILES string of the molecule is COc1ccc(C(=O)Nc2c(Cl)cncc2Cl)cc1OCCSC1C(=O)O[C@@]2(C)[C@H]1[C@@H](C)C(=O)[C@H](C)C[C@@](C)(OC)[C@H](O[C@@H]1O[C@H](C)C[C@H](N(C)C(=O)CN(C)C)[C@H]1O)[C@@H](C)[C@H](O[C@H]1C[C@@](C)(OC)[C@@H](O)[C@H](C)O1)[C@@H](C)C(=O)O[C@@H]2F. The minimum absolute atomic E-state index is 0.0193. The Morgan fingerprint density at radius 2 is 1.54 bits per heavy atom. The number of carbonyl (C=O) groups is 5. The molecular weight excluding hydrogens is 1120 g/mol. The molecule has 5 heterocycles. The predicted octanol–water partition coefficient (Wildman–Crippen LogP) is 6.38. The van der Waals surface area contributed by atoms with Gasteiger partial charge < -0.3 is 72.7 Å². The van der Waals surface area contributed by atoms with Crippen molar-refractivity contribution in [2.45, 2.75) is 165 Å². The summed E-state index contributed by atoms with van der Waals surface area (Å²) in [6.07, 6.45) is -8.66. The molecule has 4 saturated heterocycles. The number of fused-ring (bicyclic) bond motifs is 1. The molecule has 2 amide bonds. The van der Waals surface area contributed by atoms with Gasteiger partial charge in [-0.2, -0.15) is 4.39 Å². The van der Waals surface area contributed by atoms with Crippen molar-refractivity contribution < 1.29 is 85.9 Å². The molecule has 21 nitrogen and oxygen atoms in total. The van der Waals surface area contributed by atoms with E-state index in [2.05, 4.69) is 10.3 Å². The van der Waals surface area contributed by atoms with E-state index in [0.717, 1.165) is 11.8 Å². The average Bonchev–Trinajstić information content (AvgIpc) is 3.69. The van der Waals surface area contributed by atoms with Gasteiger partial charge in [0.1, 0.15) is 23.2 Å². The number of ether oxygens (including phenoxy) is 10. The summed E-state index contributed by atoms with van der Waals surface area (Å²) in [7, 11) is 9.42. The van der Waals surface area contributed by atoms with Crippen LogP contribution in [0, 0.1) is 29.6 Å². The fourth-order valence-corrected chi connectivity index (χ4v) is 13.5. The minimum Gasteiger partial charge on any atom is -0.493 e. The molecule has 4 aliphatic heterocycles. The maximum absolute atomic E-state index is 17.5. The van der Waals surface area contributed by atoms with E-state index < -0.39 is 137 Å². The standard InChI is InChI=1S/C56H81Cl2FN4O17S/c1-27-22-55(8,73-15)48(78-52-44(66)36(20-28(2)75-52)63(12)39(64)26-62(10)11)30(4)45(77-40-23-54(7,72-14)47(67)32(6)76-40)31(5)50(69)79-53(59)56(9)41(29(3)43(27)65)46(51(70)80-56)81-19-18-74-38-21-33(16-17-37(38)71-13)49(68)61-42-34(57)24-60-25-35(42)58/h16-17,21,24-25,27-32,36,40-41,44-48,52-53,66-67H,18-20,22-23,26H2,1-15H3,(H,60,61,68)/t27-,28-,29-,30+,31-,32+,36+,40+,41+,44-,45+,46?,47+,48-,52+,53+,54-,55-,56+/m1/s1. The summed E-state index contributed by atoms with van der Waals surface area (Å²) in [6.45, 7) is 14.6. The highest BCUT2D eigenvalue weighted by atomic mass is 35.5. The first-order valence-corrected chi connectivity index (χ1v) is 28.9. The Morgan fingerprint density at radius 1 is 0.889 bits per heavy atom. The van der Waals surface area contributed by atoms with E-state index in [1.165, 1.54) is 70.7 Å². The number of aliphatic hydroxyl groups excluding tert-OH is 2. The molecule has 1 aromatic carbocycles. The number of hydrogen-bond donors (Lipinski definition) is 3. The van der Waals surface area contributed by atoms with E-state index in [9.17, 15) is 29.4 Å². The number of aliphatic hydroxyl groups is 2. The van der Waals surface area contributed by atoms with Crippen LogP contribution in [0.3, 0.4) is 0 Å². The highest BCUT2D eigenvalue weighted by Crippen LogP contribution is 2.49. The number of Topliss-reactive ketones (excluding diaryl/α,β-unsaturated/α-hetero) is 1. The molecule has 1 unspecified atom stereocenters. The Bertz CT molecular complexity index is 2540. The lowest BCUT2D eigenvalue weighted by atomic mass is 9.71. The van der Waals surface area contributed by atoms with Crippen LogP contribution >= 0.6 is 35.0 Å². The van der Waals surface area contributed by atoms with Crippen molar-refractivity contribution in [3.05, 3.63) is 46.2 Å². The molecule has 0 aliphatic carbocycles. The second-order valence-electron chi connectivity index (χ2n) is 22.7. The summed E-state index contributed by atoms with van der Waals surface area (Å²) >= 11 is 13.5. The lowest BCUT2D eigenvalue weighted by Gasteiger charge is -2.50. The van der Waals surface area contributed by atoms with Crippen LogP contribution in [0.5, 0.6) is 11.5 Å². The molecule has 454 valence electrons. The fourth-order valence-electron chi connectivity index (χ4n) is 11.7. The van der Waals surface area contributed by atoms with Gasteiger partial charge in [0.15, 0.2) is 29.7 Å². The van der Waals surface area contributed by atoms with Crippen LogP contribution in [0.1, 0.15) is 91.9 Å². The number of likely N-dealkylation sites (N-methyl/N-ethyl adjacent to an activating group) is 2. The van der Waals surface area contributed by atoms with Crippen molar-refractivity contribution in [2.75, 3.05) is 66.7 Å². The van der Waals surface area contributed by atoms with Gasteiger partial charge in [-0.1, -0.05) is 44.0 Å². The lowest BCUT2D eigenvalue weighted by Crippen LogP contribution is -2.62. The number of cyclic esters (lactones) is 1. The summed E-state index contributed by atoms with van der Waals surface area (Å²) in [5.74, 6) is -8.23. The molecule has 19 atom stereocenters. The first-order valence-electron chi connectivity index (χ1n) is 27.1. The highest BCUT2D eigenvalue weighted by molar-refractivity contribution is 8.00. The lowest BCUT2D eigenvalue weighted by molar-refractivity contribution is -0.319. The van der Waals surface area contributed by atoms with Gasteiger partial charge in [0.25, 0.3) is 12.3 Å². The molecule has 4 fully saturated rings. The molecule has 0 bridgehead atoms. The number of nitrogens with one attached hydrogen (secondary N) is 1. The van der Waals surface area contributed by atoms with Crippen LogP contribution in [0.4, 0.5) is 10.1 Å². The molecule has 0 saturated carbocycles. The Kier molecular flexibility index (Phi) is 22.4. The molecule has 81 heavy (non-hydrogen) atoms. The zero-order valence-electron chi connectivity index (χ0n) is 48.8. The van der Waals surface area contributed by atoms with E-state index in [1.807, 2.05) is 0 Å². The third-order valence-electron chi connectivity index (χ3n) is 16.5. The monoisotopic (exact) mass is 1200 g/mol.